The largest absolute Gasteiger partial charge is 0.508 e. The third-order valence-corrected chi connectivity index (χ3v) is 3.89. The van der Waals surface area contributed by atoms with E-state index in [0.717, 1.165) is 5.56 Å². The fourth-order valence-corrected chi connectivity index (χ4v) is 2.55. The Morgan fingerprint density at radius 2 is 2.04 bits per heavy atom. The first-order chi connectivity index (χ1) is 11.0. The zero-order valence-electron chi connectivity index (χ0n) is 12.2. The zero-order chi connectivity index (χ0) is 16.6. The van der Waals surface area contributed by atoms with Crippen molar-refractivity contribution in [2.24, 2.45) is 0 Å². The van der Waals surface area contributed by atoms with E-state index in [4.69, 9.17) is 11.6 Å². The lowest BCUT2D eigenvalue weighted by Gasteiger charge is -2.09. The number of pyridine rings is 1. The number of carbonyl (C=O) groups excluding carboxylic acids is 1. The summed E-state index contributed by atoms with van der Waals surface area (Å²) in [5.41, 5.74) is 1.28. The number of aromatic nitrogens is 1. The number of rotatable bonds is 2. The normalized spacial score (nSPS) is 10.7. The molecule has 2 aromatic carbocycles. The number of benzene rings is 2. The smallest absolute Gasteiger partial charge is 0.261 e. The predicted octanol–water partition coefficient (Wildman–Crippen LogP) is 3.45. The second-order valence-electron chi connectivity index (χ2n) is 5.15. The molecular weight excluding hydrogens is 316 g/mol. The minimum atomic E-state index is -0.554. The van der Waals surface area contributed by atoms with Gasteiger partial charge in [-0.05, 0) is 30.7 Å². The summed E-state index contributed by atoms with van der Waals surface area (Å²) in [7, 11) is 0. The van der Waals surface area contributed by atoms with Crippen molar-refractivity contribution in [1.82, 2.24) is 4.98 Å². The number of nitrogens with one attached hydrogen (secondary N) is 2. The predicted molar refractivity (Wildman–Crippen MR) is 90.4 cm³/mol. The molecule has 0 atom stereocenters. The van der Waals surface area contributed by atoms with Crippen LogP contribution in [0.5, 0.6) is 5.75 Å². The van der Waals surface area contributed by atoms with Crippen molar-refractivity contribution in [1.29, 1.82) is 0 Å². The number of phenolic OH excluding ortho intramolecular Hbond substituents is 1. The SMILES string of the molecule is Cc1ccc(O)cc1NC(=O)c1c[nH]c2c(Cl)cccc2c1=O. The van der Waals surface area contributed by atoms with E-state index >= 15 is 0 Å². The molecule has 1 heterocycles. The van der Waals surface area contributed by atoms with Gasteiger partial charge in [0.05, 0.1) is 10.5 Å². The summed E-state index contributed by atoms with van der Waals surface area (Å²) in [4.78, 5) is 27.7. The maximum atomic E-state index is 12.5. The quantitative estimate of drug-likeness (QED) is 0.674. The minimum absolute atomic E-state index is 0.0255. The molecule has 3 N–H and O–H groups in total. The van der Waals surface area contributed by atoms with Crippen molar-refractivity contribution in [3.05, 3.63) is 69.0 Å². The number of hydrogen-bond donors (Lipinski definition) is 3. The number of aromatic amines is 1. The summed E-state index contributed by atoms with van der Waals surface area (Å²) in [6.07, 6.45) is 1.34. The molecule has 3 aromatic rings. The Bertz CT molecular complexity index is 979. The molecule has 23 heavy (non-hydrogen) atoms. The highest BCUT2D eigenvalue weighted by atomic mass is 35.5. The Labute approximate surface area is 136 Å². The molecule has 5 nitrogen and oxygen atoms in total. The van der Waals surface area contributed by atoms with Gasteiger partial charge in [0.1, 0.15) is 11.3 Å². The molecule has 0 aliphatic rings. The highest BCUT2D eigenvalue weighted by molar-refractivity contribution is 6.35. The molecule has 0 bridgehead atoms. The van der Waals surface area contributed by atoms with Crippen molar-refractivity contribution in [2.45, 2.75) is 6.92 Å². The molecule has 3 rings (SSSR count). The number of amides is 1. The van der Waals surface area contributed by atoms with E-state index in [-0.39, 0.29) is 11.3 Å². The van der Waals surface area contributed by atoms with Gasteiger partial charge in [0, 0.05) is 23.3 Å². The molecule has 1 amide bonds. The van der Waals surface area contributed by atoms with Crippen LogP contribution in [0, 0.1) is 6.92 Å². The van der Waals surface area contributed by atoms with Crippen LogP contribution in [0.25, 0.3) is 10.9 Å². The number of halogens is 1. The Kier molecular flexibility index (Phi) is 3.80. The summed E-state index contributed by atoms with van der Waals surface area (Å²) in [5, 5.41) is 12.9. The van der Waals surface area contributed by atoms with Crippen LogP contribution in [0.1, 0.15) is 15.9 Å². The topological polar surface area (TPSA) is 82.2 Å². The van der Waals surface area contributed by atoms with Crippen molar-refractivity contribution >= 4 is 34.1 Å². The third-order valence-electron chi connectivity index (χ3n) is 3.58. The van der Waals surface area contributed by atoms with Gasteiger partial charge in [-0.1, -0.05) is 23.7 Å². The molecule has 0 radical (unpaired) electrons. The van der Waals surface area contributed by atoms with Crippen LogP contribution in [0.15, 0.2) is 47.4 Å². The molecule has 6 heteroatoms. The average molecular weight is 329 g/mol. The second kappa shape index (κ2) is 5.78. The molecule has 0 aliphatic carbocycles. The highest BCUT2D eigenvalue weighted by Gasteiger charge is 2.15. The summed E-state index contributed by atoms with van der Waals surface area (Å²) in [6.45, 7) is 1.79. The fraction of sp³-hybridized carbons (Fsp3) is 0.0588. The molecule has 0 spiro atoms. The standard InChI is InChI=1S/C17H13ClN2O3/c1-9-5-6-10(21)7-14(9)20-17(23)12-8-19-15-11(16(12)22)3-2-4-13(15)18/h2-8,21H,1H3,(H,19,22)(H,20,23). The lowest BCUT2D eigenvalue weighted by atomic mass is 10.1. The van der Waals surface area contributed by atoms with E-state index < -0.39 is 11.3 Å². The lowest BCUT2D eigenvalue weighted by molar-refractivity contribution is 0.102. The highest BCUT2D eigenvalue weighted by Crippen LogP contribution is 2.22. The first-order valence-electron chi connectivity index (χ1n) is 6.88. The Hall–Kier alpha value is -2.79. The van der Waals surface area contributed by atoms with E-state index in [0.29, 0.717) is 21.6 Å². The van der Waals surface area contributed by atoms with Gasteiger partial charge in [0.15, 0.2) is 0 Å². The Morgan fingerprint density at radius 3 is 2.83 bits per heavy atom. The maximum absolute atomic E-state index is 12.5. The number of fused-ring (bicyclic) bond motifs is 1. The maximum Gasteiger partial charge on any atom is 0.261 e. The van der Waals surface area contributed by atoms with Crippen LogP contribution >= 0.6 is 11.6 Å². The molecule has 0 fully saturated rings. The molecular formula is C17H13ClN2O3. The van der Waals surface area contributed by atoms with Crippen LogP contribution in [0.4, 0.5) is 5.69 Å². The van der Waals surface area contributed by atoms with Crippen molar-refractivity contribution in [3.8, 4) is 5.75 Å². The van der Waals surface area contributed by atoms with Crippen molar-refractivity contribution < 1.29 is 9.90 Å². The minimum Gasteiger partial charge on any atom is -0.508 e. The molecule has 1 aromatic heterocycles. The fourth-order valence-electron chi connectivity index (χ4n) is 2.32. The van der Waals surface area contributed by atoms with Crippen LogP contribution in [-0.2, 0) is 0 Å². The third kappa shape index (κ3) is 2.78. The van der Waals surface area contributed by atoms with E-state index in [1.807, 2.05) is 0 Å². The van der Waals surface area contributed by atoms with Gasteiger partial charge in [-0.25, -0.2) is 0 Å². The molecule has 0 saturated carbocycles. The first kappa shape index (κ1) is 15.1. The Morgan fingerprint density at radius 1 is 1.26 bits per heavy atom. The van der Waals surface area contributed by atoms with Gasteiger partial charge in [-0.15, -0.1) is 0 Å². The molecule has 0 saturated heterocycles. The zero-order valence-corrected chi connectivity index (χ0v) is 12.9. The summed E-state index contributed by atoms with van der Waals surface area (Å²) >= 11 is 6.03. The van der Waals surface area contributed by atoms with Gasteiger partial charge >= 0.3 is 0 Å². The summed E-state index contributed by atoms with van der Waals surface area (Å²) in [6, 6.07) is 9.55. The van der Waals surface area contributed by atoms with Crippen LogP contribution in [-0.4, -0.2) is 16.0 Å². The number of phenols is 1. The molecule has 0 unspecified atom stereocenters. The first-order valence-corrected chi connectivity index (χ1v) is 7.26. The number of para-hydroxylation sites is 1. The average Bonchev–Trinajstić information content (AvgIpc) is 2.52. The van der Waals surface area contributed by atoms with Crippen molar-refractivity contribution in [2.75, 3.05) is 5.32 Å². The molecule has 0 aliphatic heterocycles. The molecule has 116 valence electrons. The van der Waals surface area contributed by atoms with Gasteiger partial charge in [-0.2, -0.15) is 0 Å². The number of aromatic hydroxyl groups is 1. The van der Waals surface area contributed by atoms with Gasteiger partial charge in [0.25, 0.3) is 5.91 Å². The van der Waals surface area contributed by atoms with Crippen LogP contribution in [0.3, 0.4) is 0 Å². The Balaban J connectivity index is 2.03. The van der Waals surface area contributed by atoms with E-state index in [2.05, 4.69) is 10.3 Å². The second-order valence-corrected chi connectivity index (χ2v) is 5.55. The van der Waals surface area contributed by atoms with Gasteiger partial charge < -0.3 is 15.4 Å². The van der Waals surface area contributed by atoms with Gasteiger partial charge in [-0.3, -0.25) is 9.59 Å². The summed E-state index contributed by atoms with van der Waals surface area (Å²) in [5.74, 6) is -0.521. The summed E-state index contributed by atoms with van der Waals surface area (Å²) < 4.78 is 0. The van der Waals surface area contributed by atoms with E-state index in [1.54, 1.807) is 31.2 Å². The van der Waals surface area contributed by atoms with Gasteiger partial charge in [0.2, 0.25) is 5.43 Å². The van der Waals surface area contributed by atoms with E-state index in [9.17, 15) is 14.7 Å². The monoisotopic (exact) mass is 328 g/mol. The van der Waals surface area contributed by atoms with Crippen LogP contribution in [0.2, 0.25) is 5.02 Å². The number of carbonyl (C=O) groups is 1. The van der Waals surface area contributed by atoms with E-state index in [1.165, 1.54) is 18.3 Å². The van der Waals surface area contributed by atoms with Crippen molar-refractivity contribution in [3.63, 3.8) is 0 Å². The number of H-pyrrole nitrogens is 1. The van der Waals surface area contributed by atoms with Crippen LogP contribution < -0.4 is 10.7 Å². The number of hydrogen-bond acceptors (Lipinski definition) is 3. The number of anilines is 1. The lowest BCUT2D eigenvalue weighted by Crippen LogP contribution is -2.22. The number of aryl methyl sites for hydroxylation is 1.